The molecule has 1 N–H and O–H groups in total. The van der Waals surface area contributed by atoms with Gasteiger partial charge in [-0.25, -0.2) is 0 Å². The van der Waals surface area contributed by atoms with Crippen LogP contribution < -0.4 is 5.32 Å². The van der Waals surface area contributed by atoms with Gasteiger partial charge in [0, 0.05) is 23.5 Å². The first-order valence-corrected chi connectivity index (χ1v) is 9.22. The van der Waals surface area contributed by atoms with Gasteiger partial charge in [-0.1, -0.05) is 48.0 Å². The molecule has 1 amide bonds. The number of anilines is 1. The average molecular weight is 358 g/mol. The molecule has 1 aliphatic heterocycles. The number of carbonyl (C=O) groups excluding carboxylic acids is 2. The number of aromatic nitrogens is 1. The number of aryl methyl sites for hydroxylation is 2. The van der Waals surface area contributed by atoms with Crippen LogP contribution in [0.2, 0.25) is 0 Å². The molecule has 1 aliphatic rings. The van der Waals surface area contributed by atoms with E-state index >= 15 is 0 Å². The molecule has 0 aliphatic carbocycles. The van der Waals surface area contributed by atoms with Gasteiger partial charge in [0.1, 0.15) is 0 Å². The highest BCUT2D eigenvalue weighted by atomic mass is 16.2. The van der Waals surface area contributed by atoms with Crippen molar-refractivity contribution in [3.05, 3.63) is 88.7 Å². The summed E-state index contributed by atoms with van der Waals surface area (Å²) in [5, 5.41) is 3.05. The van der Waals surface area contributed by atoms with Gasteiger partial charge in [-0.2, -0.15) is 0 Å². The van der Waals surface area contributed by atoms with Crippen LogP contribution in [-0.4, -0.2) is 16.3 Å². The lowest BCUT2D eigenvalue weighted by Crippen LogP contribution is -2.20. The summed E-state index contributed by atoms with van der Waals surface area (Å²) >= 11 is 0. The molecule has 0 unspecified atom stereocenters. The highest BCUT2D eigenvalue weighted by Gasteiger charge is 2.32. The van der Waals surface area contributed by atoms with Crippen molar-refractivity contribution >= 4 is 17.4 Å². The van der Waals surface area contributed by atoms with E-state index in [1.807, 2.05) is 73.0 Å². The van der Waals surface area contributed by atoms with Crippen LogP contribution in [0.25, 0.3) is 0 Å². The number of rotatable bonds is 4. The first-order valence-electron chi connectivity index (χ1n) is 9.22. The largest absolute Gasteiger partial charge is 0.341 e. The van der Waals surface area contributed by atoms with Crippen molar-refractivity contribution in [2.24, 2.45) is 0 Å². The Bertz CT molecular complexity index is 1020. The molecule has 0 radical (unpaired) electrons. The van der Waals surface area contributed by atoms with E-state index in [4.69, 9.17) is 0 Å². The van der Waals surface area contributed by atoms with Crippen LogP contribution in [0.3, 0.4) is 0 Å². The molecule has 2 heterocycles. The first kappa shape index (κ1) is 17.3. The predicted octanol–water partition coefficient (Wildman–Crippen LogP) is 4.46. The van der Waals surface area contributed by atoms with Gasteiger partial charge in [-0.05, 0) is 44.0 Å². The summed E-state index contributed by atoms with van der Waals surface area (Å²) in [7, 11) is 0. The predicted molar refractivity (Wildman–Crippen MR) is 106 cm³/mol. The Hall–Kier alpha value is -3.14. The van der Waals surface area contributed by atoms with E-state index in [-0.39, 0.29) is 17.6 Å². The Labute approximate surface area is 158 Å². The van der Waals surface area contributed by atoms with Crippen molar-refractivity contribution in [2.45, 2.75) is 32.7 Å². The van der Waals surface area contributed by atoms with Gasteiger partial charge in [0.05, 0.1) is 11.6 Å². The van der Waals surface area contributed by atoms with E-state index in [9.17, 15) is 9.59 Å². The van der Waals surface area contributed by atoms with Crippen molar-refractivity contribution in [3.63, 3.8) is 0 Å². The van der Waals surface area contributed by atoms with Gasteiger partial charge >= 0.3 is 0 Å². The Morgan fingerprint density at radius 3 is 2.52 bits per heavy atom. The molecule has 4 rings (SSSR count). The second-order valence-electron chi connectivity index (χ2n) is 7.14. The van der Waals surface area contributed by atoms with Crippen molar-refractivity contribution in [3.8, 4) is 0 Å². The third kappa shape index (κ3) is 3.19. The van der Waals surface area contributed by atoms with Crippen molar-refractivity contribution in [1.82, 2.24) is 4.57 Å². The molecular formula is C23H22N2O2. The Kier molecular flexibility index (Phi) is 4.40. The smallest absolute Gasteiger partial charge is 0.233 e. The number of hydrogen-bond acceptors (Lipinski definition) is 2. The molecule has 0 saturated carbocycles. The minimum Gasteiger partial charge on any atom is -0.341 e. The van der Waals surface area contributed by atoms with E-state index in [1.54, 1.807) is 0 Å². The van der Waals surface area contributed by atoms with E-state index in [0.29, 0.717) is 24.2 Å². The van der Waals surface area contributed by atoms with E-state index < -0.39 is 0 Å². The molecule has 1 atom stereocenters. The summed E-state index contributed by atoms with van der Waals surface area (Å²) in [6.07, 6.45) is 0.710. The average Bonchev–Trinajstić information content (AvgIpc) is 3.26. The van der Waals surface area contributed by atoms with Gasteiger partial charge in [-0.3, -0.25) is 9.59 Å². The molecule has 0 fully saturated rings. The lowest BCUT2D eigenvalue weighted by Gasteiger charge is -2.13. The van der Waals surface area contributed by atoms with Crippen LogP contribution in [0, 0.1) is 13.8 Å². The van der Waals surface area contributed by atoms with Crippen LogP contribution >= 0.6 is 0 Å². The number of nitrogens with one attached hydrogen (secondary N) is 1. The molecule has 1 aromatic heterocycles. The van der Waals surface area contributed by atoms with Crippen LogP contribution in [0.15, 0.2) is 60.7 Å². The number of benzene rings is 2. The zero-order chi connectivity index (χ0) is 19.0. The molecule has 2 aromatic carbocycles. The molecular weight excluding hydrogens is 336 g/mol. The maximum absolute atomic E-state index is 12.9. The SMILES string of the molecule is Cc1ccc(NC(=O)[C@H]2CCn3c(C(=O)c4ccccc4)ccc32)c(C)c1. The fraction of sp³-hybridized carbons (Fsp3) is 0.217. The van der Waals surface area contributed by atoms with Crippen LogP contribution in [0.1, 0.15) is 45.2 Å². The fourth-order valence-electron chi connectivity index (χ4n) is 3.82. The maximum atomic E-state index is 12.9. The second-order valence-corrected chi connectivity index (χ2v) is 7.14. The lowest BCUT2D eigenvalue weighted by atomic mass is 10.0. The minimum atomic E-state index is -0.233. The summed E-state index contributed by atoms with van der Waals surface area (Å²) in [6.45, 7) is 4.71. The van der Waals surface area contributed by atoms with Gasteiger partial charge in [0.2, 0.25) is 11.7 Å². The van der Waals surface area contributed by atoms with Crippen LogP contribution in [0.4, 0.5) is 5.69 Å². The lowest BCUT2D eigenvalue weighted by molar-refractivity contribution is -0.117. The third-order valence-electron chi connectivity index (χ3n) is 5.24. The molecule has 4 heteroatoms. The summed E-state index contributed by atoms with van der Waals surface area (Å²) in [6, 6.07) is 19.0. The Morgan fingerprint density at radius 1 is 1.00 bits per heavy atom. The van der Waals surface area contributed by atoms with Crippen LogP contribution in [-0.2, 0) is 11.3 Å². The molecule has 3 aromatic rings. The maximum Gasteiger partial charge on any atom is 0.233 e. The Morgan fingerprint density at radius 2 is 1.78 bits per heavy atom. The number of fused-ring (bicyclic) bond motifs is 1. The second kappa shape index (κ2) is 6.88. The highest BCUT2D eigenvalue weighted by molar-refractivity contribution is 6.08. The van der Waals surface area contributed by atoms with Crippen molar-refractivity contribution < 1.29 is 9.59 Å². The zero-order valence-electron chi connectivity index (χ0n) is 15.5. The third-order valence-corrected chi connectivity index (χ3v) is 5.24. The molecule has 0 bridgehead atoms. The standard InChI is InChI=1S/C23H22N2O2/c1-15-8-9-19(16(2)14-15)24-23(27)18-12-13-25-20(18)10-11-21(25)22(26)17-6-4-3-5-7-17/h3-11,14,18H,12-13H2,1-2H3,(H,24,27)/t18-/m0/s1. The van der Waals surface area contributed by atoms with Gasteiger partial charge < -0.3 is 9.88 Å². The monoisotopic (exact) mass is 358 g/mol. The van der Waals surface area contributed by atoms with Gasteiger partial charge in [0.25, 0.3) is 0 Å². The molecule has 136 valence electrons. The number of ketones is 1. The Balaban J connectivity index is 1.57. The van der Waals surface area contributed by atoms with Gasteiger partial charge in [-0.15, -0.1) is 0 Å². The molecule has 0 saturated heterocycles. The van der Waals surface area contributed by atoms with Crippen molar-refractivity contribution in [2.75, 3.05) is 5.32 Å². The van der Waals surface area contributed by atoms with E-state index in [0.717, 1.165) is 16.9 Å². The number of amides is 1. The first-order chi connectivity index (χ1) is 13.0. The van der Waals surface area contributed by atoms with E-state index in [1.165, 1.54) is 5.56 Å². The summed E-state index contributed by atoms with van der Waals surface area (Å²) in [4.78, 5) is 25.6. The van der Waals surface area contributed by atoms with E-state index in [2.05, 4.69) is 11.4 Å². The quantitative estimate of drug-likeness (QED) is 0.700. The zero-order valence-corrected chi connectivity index (χ0v) is 15.5. The van der Waals surface area contributed by atoms with Crippen LogP contribution in [0.5, 0.6) is 0 Å². The summed E-state index contributed by atoms with van der Waals surface area (Å²) in [5.41, 5.74) is 5.30. The molecule has 27 heavy (non-hydrogen) atoms. The number of hydrogen-bond donors (Lipinski definition) is 1. The minimum absolute atomic E-state index is 0.00251. The summed E-state index contributed by atoms with van der Waals surface area (Å²) < 4.78 is 1.99. The summed E-state index contributed by atoms with van der Waals surface area (Å²) in [5.74, 6) is -0.252. The number of carbonyl (C=O) groups is 2. The molecule has 4 nitrogen and oxygen atoms in total. The highest BCUT2D eigenvalue weighted by Crippen LogP contribution is 2.32. The normalized spacial score (nSPS) is 15.4. The number of nitrogens with zero attached hydrogens (tertiary/aromatic N) is 1. The van der Waals surface area contributed by atoms with Gasteiger partial charge in [0.15, 0.2) is 0 Å². The van der Waals surface area contributed by atoms with Crippen molar-refractivity contribution in [1.29, 1.82) is 0 Å². The fourth-order valence-corrected chi connectivity index (χ4v) is 3.82. The molecule has 0 spiro atoms. The topological polar surface area (TPSA) is 51.1 Å².